The van der Waals surface area contributed by atoms with Gasteiger partial charge in [0.2, 0.25) is 0 Å². The predicted molar refractivity (Wildman–Crippen MR) is 64.4 cm³/mol. The molecule has 0 saturated heterocycles. The molecule has 0 aromatic heterocycles. The fraction of sp³-hybridized carbons (Fsp3) is 0.429. The van der Waals surface area contributed by atoms with E-state index in [-0.39, 0.29) is 18.0 Å². The maximum absolute atomic E-state index is 12.0. The molecule has 1 rings (SSSR count). The van der Waals surface area contributed by atoms with Crippen molar-refractivity contribution in [2.45, 2.75) is 39.0 Å². The van der Waals surface area contributed by atoms with Crippen molar-refractivity contribution in [2.24, 2.45) is 0 Å². The summed E-state index contributed by atoms with van der Waals surface area (Å²) >= 11 is 0. The summed E-state index contributed by atoms with van der Waals surface area (Å²) in [5.74, 6) is -0.000411. The van der Waals surface area contributed by atoms with Gasteiger partial charge in [-0.1, -0.05) is 37.3 Å². The first kappa shape index (κ1) is 12.6. The molecule has 0 fully saturated rings. The van der Waals surface area contributed by atoms with Crippen LogP contribution in [0.4, 0.5) is 0 Å². The lowest BCUT2D eigenvalue weighted by molar-refractivity contribution is -0.129. The third-order valence-electron chi connectivity index (χ3n) is 2.94. The number of carbonyl (C=O) groups excluding carboxylic acids is 2. The van der Waals surface area contributed by atoms with Crippen LogP contribution in [0.1, 0.15) is 39.2 Å². The Morgan fingerprint density at radius 2 is 1.69 bits per heavy atom. The second-order valence-electron chi connectivity index (χ2n) is 4.48. The number of rotatable bonds is 5. The fourth-order valence-electron chi connectivity index (χ4n) is 1.54. The van der Waals surface area contributed by atoms with E-state index < -0.39 is 5.41 Å². The molecule has 0 N–H and O–H groups in total. The molecule has 0 aliphatic heterocycles. The zero-order valence-corrected chi connectivity index (χ0v) is 10.1. The molecule has 0 spiro atoms. The molecule has 0 radical (unpaired) electrons. The minimum Gasteiger partial charge on any atom is -0.299 e. The molecule has 16 heavy (non-hydrogen) atoms. The Bertz CT molecular complexity index is 377. The highest BCUT2D eigenvalue weighted by Gasteiger charge is 2.30. The van der Waals surface area contributed by atoms with Gasteiger partial charge in [0.25, 0.3) is 0 Å². The Hall–Kier alpha value is -1.44. The Morgan fingerprint density at radius 1 is 1.12 bits per heavy atom. The summed E-state index contributed by atoms with van der Waals surface area (Å²) in [6.07, 6.45) is 0.467. The minimum absolute atomic E-state index is 0.00834. The van der Waals surface area contributed by atoms with Gasteiger partial charge < -0.3 is 0 Å². The highest BCUT2D eigenvalue weighted by atomic mass is 16.1. The average molecular weight is 218 g/mol. The van der Waals surface area contributed by atoms with E-state index in [9.17, 15) is 9.59 Å². The number of hydrogen-bond donors (Lipinski definition) is 0. The van der Waals surface area contributed by atoms with Gasteiger partial charge in [-0.15, -0.1) is 0 Å². The first-order valence-electron chi connectivity index (χ1n) is 5.59. The largest absolute Gasteiger partial charge is 0.299 e. The molecule has 0 aliphatic rings. The maximum Gasteiger partial charge on any atom is 0.150 e. The number of ketones is 2. The number of carbonyl (C=O) groups is 2. The van der Waals surface area contributed by atoms with Crippen LogP contribution in [0.3, 0.4) is 0 Å². The Labute approximate surface area is 96.7 Å². The molecule has 1 aromatic carbocycles. The summed E-state index contributed by atoms with van der Waals surface area (Å²) in [4.78, 5) is 23.3. The van der Waals surface area contributed by atoms with E-state index in [1.807, 2.05) is 44.2 Å². The quantitative estimate of drug-likeness (QED) is 0.712. The minimum atomic E-state index is -0.577. The molecule has 0 atom stereocenters. The second kappa shape index (κ2) is 5.06. The molecule has 0 unspecified atom stereocenters. The van der Waals surface area contributed by atoms with Gasteiger partial charge in [-0.2, -0.15) is 0 Å². The van der Waals surface area contributed by atoms with Crippen LogP contribution in [0, 0.1) is 0 Å². The summed E-state index contributed by atoms with van der Waals surface area (Å²) < 4.78 is 0. The van der Waals surface area contributed by atoms with Crippen LogP contribution in [-0.4, -0.2) is 11.6 Å². The average Bonchev–Trinajstić information content (AvgIpc) is 2.29. The second-order valence-corrected chi connectivity index (χ2v) is 4.48. The Balaban J connectivity index is 2.86. The van der Waals surface area contributed by atoms with Crippen molar-refractivity contribution in [1.82, 2.24) is 0 Å². The number of hydrogen-bond acceptors (Lipinski definition) is 2. The molecule has 0 amide bonds. The molecular weight excluding hydrogens is 200 g/mol. The molecule has 0 heterocycles. The van der Waals surface area contributed by atoms with E-state index in [1.54, 1.807) is 6.92 Å². The molecule has 2 nitrogen and oxygen atoms in total. The van der Waals surface area contributed by atoms with Crippen LogP contribution in [0.25, 0.3) is 0 Å². The molecular formula is C14H18O2. The topological polar surface area (TPSA) is 34.1 Å². The van der Waals surface area contributed by atoms with Gasteiger partial charge in [-0.05, 0) is 19.4 Å². The zero-order valence-electron chi connectivity index (χ0n) is 10.1. The van der Waals surface area contributed by atoms with Crippen LogP contribution < -0.4 is 0 Å². The third kappa shape index (κ3) is 2.78. The zero-order chi connectivity index (χ0) is 12.2. The van der Waals surface area contributed by atoms with Gasteiger partial charge in [-0.3, -0.25) is 9.59 Å². The predicted octanol–water partition coefficient (Wildman–Crippen LogP) is 2.90. The van der Waals surface area contributed by atoms with Crippen LogP contribution in [-0.2, 0) is 15.0 Å². The summed E-state index contributed by atoms with van der Waals surface area (Å²) in [7, 11) is 0. The highest BCUT2D eigenvalue weighted by Crippen LogP contribution is 2.25. The molecule has 1 aromatic rings. The number of benzene rings is 1. The van der Waals surface area contributed by atoms with Crippen molar-refractivity contribution in [3.05, 3.63) is 35.9 Å². The van der Waals surface area contributed by atoms with Crippen LogP contribution in [0.15, 0.2) is 30.3 Å². The van der Waals surface area contributed by atoms with Gasteiger partial charge in [0.1, 0.15) is 11.6 Å². The molecule has 2 heteroatoms. The summed E-state index contributed by atoms with van der Waals surface area (Å²) in [5, 5.41) is 0. The SMILES string of the molecule is CCC(=O)CC(=O)C(C)(C)c1ccccc1. The lowest BCUT2D eigenvalue weighted by Gasteiger charge is -2.23. The fourth-order valence-corrected chi connectivity index (χ4v) is 1.54. The van der Waals surface area contributed by atoms with E-state index in [0.29, 0.717) is 6.42 Å². The summed E-state index contributed by atoms with van der Waals surface area (Å²) in [6, 6.07) is 9.59. The normalized spacial score (nSPS) is 11.2. The van der Waals surface area contributed by atoms with Crippen molar-refractivity contribution < 1.29 is 9.59 Å². The number of Topliss-reactive ketones (excluding diaryl/α,β-unsaturated/α-hetero) is 2. The third-order valence-corrected chi connectivity index (χ3v) is 2.94. The van der Waals surface area contributed by atoms with E-state index in [1.165, 1.54) is 0 Å². The highest BCUT2D eigenvalue weighted by molar-refractivity contribution is 6.03. The van der Waals surface area contributed by atoms with E-state index in [0.717, 1.165) is 5.56 Å². The standard InChI is InChI=1S/C14H18O2/c1-4-12(15)10-13(16)14(2,3)11-8-6-5-7-9-11/h5-9H,4,10H2,1-3H3. The van der Waals surface area contributed by atoms with E-state index in [2.05, 4.69) is 0 Å². The summed E-state index contributed by atoms with van der Waals surface area (Å²) in [5.41, 5.74) is 0.385. The van der Waals surface area contributed by atoms with Crippen LogP contribution in [0.2, 0.25) is 0 Å². The van der Waals surface area contributed by atoms with Gasteiger partial charge in [0.15, 0.2) is 0 Å². The molecule has 0 aliphatic carbocycles. The van der Waals surface area contributed by atoms with Crippen molar-refractivity contribution >= 4 is 11.6 Å². The molecule has 86 valence electrons. The first-order chi connectivity index (χ1) is 7.48. The van der Waals surface area contributed by atoms with E-state index >= 15 is 0 Å². The van der Waals surface area contributed by atoms with Crippen LogP contribution in [0.5, 0.6) is 0 Å². The Morgan fingerprint density at radius 3 is 2.19 bits per heavy atom. The van der Waals surface area contributed by atoms with Crippen LogP contribution >= 0.6 is 0 Å². The van der Waals surface area contributed by atoms with Gasteiger partial charge >= 0.3 is 0 Å². The summed E-state index contributed by atoms with van der Waals surface area (Å²) in [6.45, 7) is 5.52. The lowest BCUT2D eigenvalue weighted by atomic mass is 9.79. The van der Waals surface area contributed by atoms with E-state index in [4.69, 9.17) is 0 Å². The first-order valence-corrected chi connectivity index (χ1v) is 5.59. The van der Waals surface area contributed by atoms with Crippen molar-refractivity contribution in [3.63, 3.8) is 0 Å². The van der Waals surface area contributed by atoms with Crippen molar-refractivity contribution in [1.29, 1.82) is 0 Å². The lowest BCUT2D eigenvalue weighted by Crippen LogP contribution is -2.30. The van der Waals surface area contributed by atoms with Gasteiger partial charge in [0, 0.05) is 11.8 Å². The van der Waals surface area contributed by atoms with Gasteiger partial charge in [0.05, 0.1) is 6.42 Å². The monoisotopic (exact) mass is 218 g/mol. The molecule has 0 saturated carbocycles. The van der Waals surface area contributed by atoms with Crippen molar-refractivity contribution in [3.8, 4) is 0 Å². The Kier molecular flexibility index (Phi) is 3.99. The molecule has 0 bridgehead atoms. The van der Waals surface area contributed by atoms with Gasteiger partial charge in [-0.25, -0.2) is 0 Å². The van der Waals surface area contributed by atoms with Crippen molar-refractivity contribution in [2.75, 3.05) is 0 Å². The smallest absolute Gasteiger partial charge is 0.150 e. The maximum atomic E-state index is 12.0.